The number of aliphatic imine (C=N–C) groups is 1. The maximum atomic E-state index is 14.0. The smallest absolute Gasteiger partial charge is 0.336 e. The Morgan fingerprint density at radius 2 is 1.50 bits per heavy atom. The Kier molecular flexibility index (Phi) is 21.6. The van der Waals surface area contributed by atoms with Crippen molar-refractivity contribution in [3.8, 4) is 28.3 Å². The first-order chi connectivity index (χ1) is 40.5. The Bertz CT molecular complexity index is 3290. The van der Waals surface area contributed by atoms with Crippen LogP contribution in [0.4, 0.5) is 5.69 Å². The molecule has 4 aromatic carbocycles. The number of fused-ring (bicyclic) bond motifs is 7. The molecule has 8 rings (SSSR count). The van der Waals surface area contributed by atoms with E-state index in [1.165, 1.54) is 11.6 Å². The van der Waals surface area contributed by atoms with Gasteiger partial charge < -0.3 is 44.9 Å². The number of hydrogen-bond acceptors (Lipinski definition) is 12. The van der Waals surface area contributed by atoms with Gasteiger partial charge in [0.05, 0.1) is 68.8 Å². The van der Waals surface area contributed by atoms with Gasteiger partial charge in [-0.15, -0.1) is 5.10 Å². The number of benzene rings is 4. The number of hydrogen-bond donors (Lipinski definition) is 4. The zero-order valence-corrected chi connectivity index (χ0v) is 50.0. The van der Waals surface area contributed by atoms with Gasteiger partial charge in [0.1, 0.15) is 17.2 Å². The molecular formula is C66H82N8O10. The number of aromatic nitrogens is 3. The molecule has 5 aromatic rings. The van der Waals surface area contributed by atoms with Crippen molar-refractivity contribution in [2.24, 2.45) is 22.2 Å². The zero-order chi connectivity index (χ0) is 59.9. The first-order valence-electron chi connectivity index (χ1n) is 29.6. The topological polar surface area (TPSA) is 225 Å². The molecule has 3 aliphatic rings. The second kappa shape index (κ2) is 29.1. The van der Waals surface area contributed by atoms with E-state index in [4.69, 9.17) is 18.9 Å². The van der Waals surface area contributed by atoms with Crippen LogP contribution in [-0.2, 0) is 48.1 Å². The van der Waals surface area contributed by atoms with E-state index in [1.807, 2.05) is 73.1 Å². The van der Waals surface area contributed by atoms with Gasteiger partial charge in [0.25, 0.3) is 5.91 Å². The number of para-hydroxylation sites is 1. The van der Waals surface area contributed by atoms with Crippen molar-refractivity contribution < 1.29 is 48.0 Å². The molecule has 0 saturated heterocycles. The van der Waals surface area contributed by atoms with Gasteiger partial charge in [0, 0.05) is 92.2 Å². The minimum Gasteiger partial charge on any atom is -0.478 e. The number of nitrogens with zero attached hydrogens (tertiary/aromatic N) is 5. The normalized spacial score (nSPS) is 15.7. The predicted octanol–water partition coefficient (Wildman–Crippen LogP) is 9.82. The molecule has 18 heteroatoms. The van der Waals surface area contributed by atoms with E-state index in [1.54, 1.807) is 17.0 Å². The van der Waals surface area contributed by atoms with Crippen LogP contribution < -0.4 is 25.6 Å². The van der Waals surface area contributed by atoms with Crippen molar-refractivity contribution in [1.82, 2.24) is 30.9 Å². The van der Waals surface area contributed by atoms with Gasteiger partial charge in [-0.2, -0.15) is 0 Å². The van der Waals surface area contributed by atoms with Crippen molar-refractivity contribution in [1.29, 1.82) is 0 Å². The molecule has 1 aliphatic carbocycles. The molecule has 84 heavy (non-hydrogen) atoms. The summed E-state index contributed by atoms with van der Waals surface area (Å²) in [5.41, 5.74) is 10.6. The Hall–Kier alpha value is -7.80. The number of carboxylic acid groups (broad SMARTS) is 1. The number of nitrogens with one attached hydrogen (secondary N) is 3. The number of carboxylic acids is 1. The molecule has 1 aromatic heterocycles. The van der Waals surface area contributed by atoms with Gasteiger partial charge >= 0.3 is 5.97 Å². The van der Waals surface area contributed by atoms with E-state index >= 15 is 0 Å². The van der Waals surface area contributed by atoms with Gasteiger partial charge in [-0.25, -0.2) is 9.48 Å². The van der Waals surface area contributed by atoms with Crippen molar-refractivity contribution >= 4 is 41.0 Å². The van der Waals surface area contributed by atoms with Crippen LogP contribution in [0.1, 0.15) is 135 Å². The molecule has 2 aliphatic heterocycles. The molecule has 0 radical (unpaired) electrons. The second-order valence-corrected chi connectivity index (χ2v) is 22.7. The molecule has 4 amide bonds. The van der Waals surface area contributed by atoms with Crippen LogP contribution in [0.3, 0.4) is 0 Å². The van der Waals surface area contributed by atoms with E-state index in [9.17, 15) is 29.1 Å². The van der Waals surface area contributed by atoms with Crippen molar-refractivity contribution in [2.75, 3.05) is 70.7 Å². The van der Waals surface area contributed by atoms with Crippen LogP contribution in [0.5, 0.6) is 5.75 Å². The molecule has 4 N–H and O–H groups in total. The molecule has 2 atom stereocenters. The third-order valence-corrected chi connectivity index (χ3v) is 16.1. The lowest BCUT2D eigenvalue weighted by atomic mass is 9.72. The van der Waals surface area contributed by atoms with Crippen LogP contribution in [0, 0.1) is 24.2 Å². The number of amides is 4. The van der Waals surface area contributed by atoms with Crippen LogP contribution in [0.15, 0.2) is 107 Å². The minimum atomic E-state index is -1.12. The first kappa shape index (κ1) is 62.3. The number of aromatic carboxylic acids is 1. The third-order valence-electron chi connectivity index (χ3n) is 16.1. The lowest BCUT2D eigenvalue weighted by Gasteiger charge is -2.37. The summed E-state index contributed by atoms with van der Waals surface area (Å²) in [7, 11) is 0. The number of ether oxygens (including phenoxy) is 4. The summed E-state index contributed by atoms with van der Waals surface area (Å²) in [5, 5.41) is 28.6. The van der Waals surface area contributed by atoms with E-state index in [0.717, 1.165) is 57.6 Å². The monoisotopic (exact) mass is 1150 g/mol. The Labute approximate surface area is 493 Å². The lowest BCUT2D eigenvalue weighted by molar-refractivity contribution is -0.125. The Morgan fingerprint density at radius 3 is 2.21 bits per heavy atom. The zero-order valence-electron chi connectivity index (χ0n) is 50.0. The highest BCUT2D eigenvalue weighted by atomic mass is 16.5. The average Bonchev–Trinajstić information content (AvgIpc) is 1.37. The number of anilines is 1. The summed E-state index contributed by atoms with van der Waals surface area (Å²) >= 11 is 0. The lowest BCUT2D eigenvalue weighted by Crippen LogP contribution is -2.36. The molecular weight excluding hydrogens is 1060 g/mol. The highest BCUT2D eigenvalue weighted by Gasteiger charge is 2.40. The number of rotatable bonds is 28. The molecule has 18 nitrogen and oxygen atoms in total. The van der Waals surface area contributed by atoms with Crippen molar-refractivity contribution in [3.05, 3.63) is 141 Å². The van der Waals surface area contributed by atoms with Gasteiger partial charge in [-0.1, -0.05) is 107 Å². The molecule has 446 valence electrons. The van der Waals surface area contributed by atoms with E-state index in [2.05, 4.69) is 91.0 Å². The fourth-order valence-corrected chi connectivity index (χ4v) is 10.7. The maximum absolute atomic E-state index is 14.0. The fourth-order valence-electron chi connectivity index (χ4n) is 10.7. The summed E-state index contributed by atoms with van der Waals surface area (Å²) in [4.78, 5) is 72.5. The highest BCUT2D eigenvalue weighted by molar-refractivity contribution is 6.09. The Balaban J connectivity index is 0.734. The molecule has 0 bridgehead atoms. The summed E-state index contributed by atoms with van der Waals surface area (Å²) in [5.74, 6) is -0.791. The van der Waals surface area contributed by atoms with Gasteiger partial charge in [-0.05, 0) is 97.0 Å². The quantitative estimate of drug-likeness (QED) is 0.0344. The number of aryl methyl sites for hydroxylation is 3. The number of carbonyl (C=O) groups excluding carboxylic acids is 4. The molecule has 0 spiro atoms. The highest BCUT2D eigenvalue weighted by Crippen LogP contribution is 2.50. The number of carbonyl (C=O) groups is 5. The minimum absolute atomic E-state index is 0.00496. The van der Waals surface area contributed by atoms with E-state index in [0.29, 0.717) is 86.7 Å². The molecule has 0 saturated carbocycles. The van der Waals surface area contributed by atoms with Crippen molar-refractivity contribution in [2.45, 2.75) is 113 Å². The summed E-state index contributed by atoms with van der Waals surface area (Å²) in [6.45, 7) is 21.0. The summed E-state index contributed by atoms with van der Waals surface area (Å²) in [6.07, 6.45) is 6.88. The standard InChI is InChI=1S/C66H82N8O10/c1-9-16-45-38-56-52(35-43(45)5)61(53-36-44(6)54(67-10-2)39-57(53)84-56)49-23-22-46(37-51(49)65(79)80)64(78)69-27-30-82-32-34-83-33-31-81-29-26-68-59(76)24-25-60(77)73-40-47-17-11-12-18-48(47)63-62(50-19-13-14-20-55(50)73)71-72-74(63)28-15-21-58(75)70-41-66(7,8)42(3)4/h11-14,17-20,22-23,35-39,42,53,61H,9-10,15-16,21,24-34,40-41H2,1-8H3,(H,68,76)(H,69,78)(H,70,75)(H,79,80)/b67-54-. The fraction of sp³-hybridized carbons (Fsp3) is 0.455. The molecule has 0 fully saturated rings. The molecule has 3 heterocycles. The van der Waals surface area contributed by atoms with Gasteiger partial charge in [0.2, 0.25) is 17.7 Å². The SMILES string of the molecule is CCCc1cc2c(cc1C)C(c1ccc(C(=O)NCCOCCOCCOCCNC(=O)CCC(=O)N3Cc4ccccc4-c4c(nnn4CCCC(=O)NCC(C)(C)C(C)C)-c4ccccc43)cc1C(=O)O)C1C=C(C)/C(=N\CC)C=C1O2. The van der Waals surface area contributed by atoms with Gasteiger partial charge in [0.15, 0.2) is 0 Å². The third kappa shape index (κ3) is 15.3. The van der Waals surface area contributed by atoms with Crippen LogP contribution in [-0.4, -0.2) is 121 Å². The summed E-state index contributed by atoms with van der Waals surface area (Å²) < 4.78 is 25.4. The largest absolute Gasteiger partial charge is 0.478 e. The van der Waals surface area contributed by atoms with Crippen LogP contribution in [0.2, 0.25) is 0 Å². The van der Waals surface area contributed by atoms with E-state index < -0.39 is 11.9 Å². The van der Waals surface area contributed by atoms with Crippen molar-refractivity contribution in [3.63, 3.8) is 0 Å². The average molecular weight is 1150 g/mol. The number of allylic oxidation sites excluding steroid dienone is 3. The molecule has 2 unspecified atom stereocenters. The Morgan fingerprint density at radius 1 is 0.810 bits per heavy atom. The van der Waals surface area contributed by atoms with Crippen LogP contribution in [0.25, 0.3) is 22.5 Å². The second-order valence-electron chi connectivity index (χ2n) is 22.7. The maximum Gasteiger partial charge on any atom is 0.336 e. The predicted molar refractivity (Wildman–Crippen MR) is 324 cm³/mol. The first-order valence-corrected chi connectivity index (χ1v) is 29.6. The van der Waals surface area contributed by atoms with Crippen LogP contribution >= 0.6 is 0 Å². The van der Waals surface area contributed by atoms with E-state index in [-0.39, 0.29) is 98.4 Å². The van der Waals surface area contributed by atoms with Gasteiger partial charge in [-0.3, -0.25) is 24.2 Å². The summed E-state index contributed by atoms with van der Waals surface area (Å²) in [6, 6.07) is 24.6.